The lowest BCUT2D eigenvalue weighted by Crippen LogP contribution is -2.31. The van der Waals surface area contributed by atoms with E-state index in [2.05, 4.69) is 33.6 Å². The molecule has 0 saturated heterocycles. The summed E-state index contributed by atoms with van der Waals surface area (Å²) in [7, 11) is 1.40. The van der Waals surface area contributed by atoms with E-state index in [9.17, 15) is 13.2 Å². The summed E-state index contributed by atoms with van der Waals surface area (Å²) in [6.07, 6.45) is 0. The van der Waals surface area contributed by atoms with Crippen LogP contribution in [0.2, 0.25) is 0 Å². The summed E-state index contributed by atoms with van der Waals surface area (Å²) >= 11 is 0. The van der Waals surface area contributed by atoms with Gasteiger partial charge in [-0.25, -0.2) is 8.42 Å². The van der Waals surface area contributed by atoms with Gasteiger partial charge in [-0.3, -0.25) is 9.52 Å². The molecule has 0 aliphatic rings. The zero-order valence-electron chi connectivity index (χ0n) is 21.7. The maximum atomic E-state index is 13.3. The molecule has 3 N–H and O–H groups in total. The van der Waals surface area contributed by atoms with Crippen LogP contribution in [0.1, 0.15) is 15.9 Å². The lowest BCUT2D eigenvalue weighted by atomic mass is 10.1. The van der Waals surface area contributed by atoms with Crippen LogP contribution in [-0.2, 0) is 16.6 Å². The number of anilines is 2. The first-order chi connectivity index (χ1) is 18.2. The maximum Gasteiger partial charge on any atom is 0.261 e. The van der Waals surface area contributed by atoms with E-state index in [1.165, 1.54) is 12.1 Å². The van der Waals surface area contributed by atoms with Crippen LogP contribution < -0.4 is 20.1 Å². The Morgan fingerprint density at radius 1 is 0.868 bits per heavy atom. The quantitative estimate of drug-likeness (QED) is 0.262. The summed E-state index contributed by atoms with van der Waals surface area (Å²) in [4.78, 5) is 14.9. The summed E-state index contributed by atoms with van der Waals surface area (Å²) in [6.45, 7) is 1.56. The van der Waals surface area contributed by atoms with Gasteiger partial charge < -0.3 is 20.3 Å². The van der Waals surface area contributed by atoms with Crippen LogP contribution in [0, 0.1) is 0 Å². The number of rotatable bonds is 11. The second kappa shape index (κ2) is 12.0. The topological polar surface area (TPSA) is 99.8 Å². The number of benzene rings is 4. The van der Waals surface area contributed by atoms with E-state index in [1.54, 1.807) is 37.4 Å². The fraction of sp³-hybridized carbons (Fsp3) is 0.207. The number of carbonyl (C=O) groups excluding carboxylic acids is 1. The molecule has 9 heteroatoms. The zero-order valence-corrected chi connectivity index (χ0v) is 22.5. The highest BCUT2D eigenvalue weighted by Gasteiger charge is 2.19. The van der Waals surface area contributed by atoms with Gasteiger partial charge in [0.05, 0.1) is 12.0 Å². The van der Waals surface area contributed by atoms with Crippen molar-refractivity contribution in [3.05, 3.63) is 96.1 Å². The van der Waals surface area contributed by atoms with Crippen molar-refractivity contribution in [3.63, 3.8) is 0 Å². The molecule has 0 aliphatic heterocycles. The number of nitrogens with one attached hydrogen (secondary N) is 3. The Morgan fingerprint density at radius 2 is 1.61 bits per heavy atom. The van der Waals surface area contributed by atoms with Gasteiger partial charge in [0.25, 0.3) is 15.9 Å². The van der Waals surface area contributed by atoms with Crippen molar-refractivity contribution in [2.45, 2.75) is 11.4 Å². The number of carbonyl (C=O) groups is 1. The van der Waals surface area contributed by atoms with Crippen LogP contribution in [0.15, 0.2) is 89.8 Å². The highest BCUT2D eigenvalue weighted by molar-refractivity contribution is 7.92. The van der Waals surface area contributed by atoms with Crippen molar-refractivity contribution >= 4 is 38.1 Å². The Bertz CT molecular complexity index is 1520. The van der Waals surface area contributed by atoms with Crippen molar-refractivity contribution in [2.24, 2.45) is 0 Å². The minimum Gasteiger partial charge on any atom is -0.497 e. The van der Waals surface area contributed by atoms with Gasteiger partial charge in [-0.2, -0.15) is 0 Å². The number of amides is 1. The molecule has 38 heavy (non-hydrogen) atoms. The minimum atomic E-state index is -3.98. The number of ether oxygens (including phenoxy) is 1. The molecule has 0 heterocycles. The molecule has 0 spiro atoms. The van der Waals surface area contributed by atoms with Gasteiger partial charge in [-0.15, -0.1) is 0 Å². The molecule has 4 aromatic carbocycles. The third kappa shape index (κ3) is 7.02. The molecule has 0 saturated carbocycles. The third-order valence-corrected chi connectivity index (χ3v) is 7.34. The van der Waals surface area contributed by atoms with E-state index in [4.69, 9.17) is 4.74 Å². The molecule has 198 valence electrons. The molecule has 1 amide bonds. The second-order valence-corrected chi connectivity index (χ2v) is 10.9. The normalized spacial score (nSPS) is 11.4. The summed E-state index contributed by atoms with van der Waals surface area (Å²) in [6, 6.07) is 25.4. The Hall–Kier alpha value is -4.08. The van der Waals surface area contributed by atoms with Crippen molar-refractivity contribution in [2.75, 3.05) is 44.3 Å². The molecule has 0 bridgehead atoms. The zero-order chi connectivity index (χ0) is 27.1. The first-order valence-electron chi connectivity index (χ1n) is 12.2. The smallest absolute Gasteiger partial charge is 0.261 e. The van der Waals surface area contributed by atoms with Gasteiger partial charge in [0.1, 0.15) is 5.75 Å². The van der Waals surface area contributed by atoms with Gasteiger partial charge in [0.15, 0.2) is 0 Å². The Morgan fingerprint density at radius 3 is 2.32 bits per heavy atom. The van der Waals surface area contributed by atoms with Crippen LogP contribution in [-0.4, -0.2) is 53.5 Å². The molecular formula is C29H32N4O4S. The molecule has 0 atom stereocenters. The number of sulfonamides is 1. The molecular weight excluding hydrogens is 500 g/mol. The average Bonchev–Trinajstić information content (AvgIpc) is 2.91. The predicted molar refractivity (Wildman–Crippen MR) is 152 cm³/mol. The Kier molecular flexibility index (Phi) is 8.50. The van der Waals surface area contributed by atoms with Crippen molar-refractivity contribution < 1.29 is 17.9 Å². The standard InChI is InChI=1S/C29H32N4O4S/c1-33(2)15-14-30-29(34)24-17-26(31-20-21-8-9-22-6-4-5-7-23(22)16-21)19-28(18-24)38(35,36)32-25-10-12-27(37-3)13-11-25/h4-13,16-19,31-32H,14-15,20H2,1-3H3,(H,30,34). The molecule has 8 nitrogen and oxygen atoms in total. The molecule has 0 unspecified atom stereocenters. The average molecular weight is 533 g/mol. The number of likely N-dealkylation sites (N-methyl/N-ethyl adjacent to an activating group) is 1. The number of hydrogen-bond acceptors (Lipinski definition) is 6. The van der Waals surface area contributed by atoms with Gasteiger partial charge in [0.2, 0.25) is 0 Å². The Balaban J connectivity index is 1.60. The molecule has 0 radical (unpaired) electrons. The summed E-state index contributed by atoms with van der Waals surface area (Å²) < 4.78 is 34.3. The van der Waals surface area contributed by atoms with Gasteiger partial charge in [-0.1, -0.05) is 36.4 Å². The van der Waals surface area contributed by atoms with E-state index >= 15 is 0 Å². The third-order valence-electron chi connectivity index (χ3n) is 5.98. The van der Waals surface area contributed by atoms with Crippen LogP contribution in [0.3, 0.4) is 0 Å². The number of fused-ring (bicyclic) bond motifs is 1. The molecule has 4 rings (SSSR count). The van der Waals surface area contributed by atoms with Gasteiger partial charge in [-0.05, 0) is 79.0 Å². The predicted octanol–water partition coefficient (Wildman–Crippen LogP) is 4.55. The van der Waals surface area contributed by atoms with Crippen molar-refractivity contribution in [1.29, 1.82) is 0 Å². The number of methoxy groups -OCH3 is 1. The maximum absolute atomic E-state index is 13.3. The minimum absolute atomic E-state index is 0.0189. The van der Waals surface area contributed by atoms with Crippen LogP contribution in [0.25, 0.3) is 10.8 Å². The summed E-state index contributed by atoms with van der Waals surface area (Å²) in [5.41, 5.74) is 2.19. The fourth-order valence-electron chi connectivity index (χ4n) is 3.91. The largest absolute Gasteiger partial charge is 0.497 e. The highest BCUT2D eigenvalue weighted by Crippen LogP contribution is 2.24. The van der Waals surface area contributed by atoms with E-state index in [1.807, 2.05) is 43.3 Å². The number of nitrogens with zero attached hydrogens (tertiary/aromatic N) is 1. The molecule has 0 aliphatic carbocycles. The molecule has 4 aromatic rings. The molecule has 0 fully saturated rings. The van der Waals surface area contributed by atoms with E-state index in [-0.39, 0.29) is 16.4 Å². The second-order valence-electron chi connectivity index (χ2n) is 9.17. The van der Waals surface area contributed by atoms with Crippen molar-refractivity contribution in [3.8, 4) is 5.75 Å². The monoisotopic (exact) mass is 532 g/mol. The van der Waals surface area contributed by atoms with Gasteiger partial charge in [0, 0.05) is 36.6 Å². The van der Waals surface area contributed by atoms with Crippen LogP contribution in [0.5, 0.6) is 5.75 Å². The molecule has 0 aromatic heterocycles. The first kappa shape index (κ1) is 27.0. The highest BCUT2D eigenvalue weighted by atomic mass is 32.2. The summed E-state index contributed by atoms with van der Waals surface area (Å²) in [5.74, 6) is 0.270. The first-order valence-corrected chi connectivity index (χ1v) is 13.7. The Labute approximate surface area is 223 Å². The number of hydrogen-bond donors (Lipinski definition) is 3. The van der Waals surface area contributed by atoms with E-state index < -0.39 is 10.0 Å². The van der Waals surface area contributed by atoms with Gasteiger partial charge >= 0.3 is 0 Å². The van der Waals surface area contributed by atoms with Crippen molar-refractivity contribution in [1.82, 2.24) is 10.2 Å². The lowest BCUT2D eigenvalue weighted by molar-refractivity contribution is 0.0951. The fourth-order valence-corrected chi connectivity index (χ4v) is 5.04. The SMILES string of the molecule is COc1ccc(NS(=O)(=O)c2cc(NCc3ccc4ccccc4c3)cc(C(=O)NCCN(C)C)c2)cc1. The van der Waals surface area contributed by atoms with E-state index in [0.717, 1.165) is 16.3 Å². The van der Waals surface area contributed by atoms with Crippen LogP contribution >= 0.6 is 0 Å². The summed E-state index contributed by atoms with van der Waals surface area (Å²) in [5, 5.41) is 8.41. The van der Waals surface area contributed by atoms with E-state index in [0.29, 0.717) is 36.8 Å². The lowest BCUT2D eigenvalue weighted by Gasteiger charge is -2.15. The van der Waals surface area contributed by atoms with Crippen LogP contribution in [0.4, 0.5) is 11.4 Å².